The maximum Gasteiger partial charge on any atom is 0.334 e. The molecule has 0 N–H and O–H groups in total. The van der Waals surface area contributed by atoms with E-state index < -0.39 is 15.7 Å². The summed E-state index contributed by atoms with van der Waals surface area (Å²) in [6, 6.07) is 0. The van der Waals surface area contributed by atoms with E-state index in [9.17, 15) is 4.57 Å². The van der Waals surface area contributed by atoms with E-state index in [0.717, 1.165) is 0 Å². The van der Waals surface area contributed by atoms with E-state index in [1.54, 1.807) is 0 Å². The van der Waals surface area contributed by atoms with Crippen molar-refractivity contribution in [1.29, 1.82) is 0 Å². The molecule has 0 fully saturated rings. The third-order valence-electron chi connectivity index (χ3n) is 2.67. The molecule has 0 bridgehead atoms. The maximum atomic E-state index is 12.4. The van der Waals surface area contributed by atoms with Crippen LogP contribution in [0.1, 0.15) is 27.7 Å². The van der Waals surface area contributed by atoms with Crippen molar-refractivity contribution in [2.24, 2.45) is 5.92 Å². The van der Waals surface area contributed by atoms with Crippen molar-refractivity contribution in [3.8, 4) is 0 Å². The summed E-state index contributed by atoms with van der Waals surface area (Å²) >= 11 is 0. The van der Waals surface area contributed by atoms with Crippen LogP contribution in [0.2, 0.25) is 19.6 Å². The van der Waals surface area contributed by atoms with Crippen LogP contribution in [0, 0.1) is 5.92 Å². The van der Waals surface area contributed by atoms with Crippen molar-refractivity contribution in [1.82, 2.24) is 0 Å². The van der Waals surface area contributed by atoms with Crippen molar-refractivity contribution in [3.63, 3.8) is 0 Å². The Labute approximate surface area is 113 Å². The van der Waals surface area contributed by atoms with Crippen LogP contribution in [0.25, 0.3) is 0 Å². The lowest BCUT2D eigenvalue weighted by Crippen LogP contribution is -2.27. The molecule has 3 nitrogen and oxygen atoms in total. The lowest BCUT2D eigenvalue weighted by molar-refractivity contribution is 0.222. The van der Waals surface area contributed by atoms with E-state index in [4.69, 9.17) is 9.05 Å². The average molecular weight is 292 g/mol. The van der Waals surface area contributed by atoms with E-state index in [1.807, 2.05) is 13.8 Å². The summed E-state index contributed by atoms with van der Waals surface area (Å²) in [6.07, 6.45) is 2.50. The minimum Gasteiger partial charge on any atom is -0.309 e. The van der Waals surface area contributed by atoms with E-state index in [0.29, 0.717) is 25.3 Å². The zero-order valence-electron chi connectivity index (χ0n) is 12.9. The second kappa shape index (κ2) is 7.64. The fourth-order valence-electron chi connectivity index (χ4n) is 2.15. The van der Waals surface area contributed by atoms with Crippen molar-refractivity contribution in [2.75, 3.05) is 19.4 Å². The van der Waals surface area contributed by atoms with E-state index >= 15 is 0 Å². The number of hydrogen-bond donors (Lipinski definition) is 0. The molecule has 0 aliphatic carbocycles. The van der Waals surface area contributed by atoms with Gasteiger partial charge >= 0.3 is 7.60 Å². The van der Waals surface area contributed by atoms with Gasteiger partial charge in [0, 0.05) is 0 Å². The Hall–Kier alpha value is 0.107. The topological polar surface area (TPSA) is 35.5 Å². The van der Waals surface area contributed by atoms with E-state index in [-0.39, 0.29) is 0 Å². The molecule has 0 amide bonds. The highest BCUT2D eigenvalue weighted by molar-refractivity contribution is 7.54. The van der Waals surface area contributed by atoms with Crippen molar-refractivity contribution in [2.45, 2.75) is 47.3 Å². The minimum absolute atomic E-state index is 0.395. The van der Waals surface area contributed by atoms with Crippen LogP contribution in [0.15, 0.2) is 11.3 Å². The van der Waals surface area contributed by atoms with Crippen molar-refractivity contribution >= 4 is 15.7 Å². The van der Waals surface area contributed by atoms with E-state index in [2.05, 4.69) is 39.6 Å². The Morgan fingerprint density at radius 1 is 1.17 bits per heavy atom. The van der Waals surface area contributed by atoms with Gasteiger partial charge in [-0.05, 0) is 19.8 Å². The minimum atomic E-state index is -2.94. The molecule has 0 aromatic heterocycles. The summed E-state index contributed by atoms with van der Waals surface area (Å²) in [5.74, 6) is 0.494. The van der Waals surface area contributed by atoms with Crippen molar-refractivity contribution < 1.29 is 13.6 Å². The quantitative estimate of drug-likeness (QED) is 0.480. The lowest BCUT2D eigenvalue weighted by Gasteiger charge is -2.25. The first-order valence-corrected chi connectivity index (χ1v) is 12.0. The molecule has 18 heavy (non-hydrogen) atoms. The lowest BCUT2D eigenvalue weighted by atomic mass is 10.2. The second-order valence-corrected chi connectivity index (χ2v) is 12.9. The highest BCUT2D eigenvalue weighted by Gasteiger charge is 2.26. The van der Waals surface area contributed by atoms with Gasteiger partial charge in [0.2, 0.25) is 0 Å². The normalized spacial score (nSPS) is 14.3. The van der Waals surface area contributed by atoms with Gasteiger partial charge in [-0.1, -0.05) is 44.8 Å². The summed E-state index contributed by atoms with van der Waals surface area (Å²) in [4.78, 5) is 0. The largest absolute Gasteiger partial charge is 0.334 e. The first kappa shape index (κ1) is 18.1. The zero-order chi connectivity index (χ0) is 14.4. The predicted octanol–water partition coefficient (Wildman–Crippen LogP) is 4.71. The molecule has 0 saturated heterocycles. The molecule has 0 rings (SSSR count). The number of hydrogen-bond acceptors (Lipinski definition) is 3. The third-order valence-corrected chi connectivity index (χ3v) is 7.12. The number of allylic oxidation sites excluding steroid dienone is 2. The molecule has 5 heteroatoms. The fourth-order valence-corrected chi connectivity index (χ4v) is 6.26. The zero-order valence-corrected chi connectivity index (χ0v) is 14.8. The molecule has 0 aliphatic rings. The number of rotatable bonds is 8. The molecular formula is C13H29O3PSi. The molecule has 0 atom stereocenters. The summed E-state index contributed by atoms with van der Waals surface area (Å²) < 4.78 is 23.0. The van der Waals surface area contributed by atoms with E-state index in [1.165, 1.54) is 5.20 Å². The molecule has 0 saturated carbocycles. The Balaban J connectivity index is 4.98. The van der Waals surface area contributed by atoms with Crippen LogP contribution in [0.4, 0.5) is 0 Å². The first-order chi connectivity index (χ1) is 8.16. The monoisotopic (exact) mass is 292 g/mol. The van der Waals surface area contributed by atoms with Gasteiger partial charge in [0.05, 0.1) is 27.4 Å². The summed E-state index contributed by atoms with van der Waals surface area (Å²) in [7, 11) is -4.30. The van der Waals surface area contributed by atoms with Crippen molar-refractivity contribution in [3.05, 3.63) is 11.3 Å². The molecule has 0 radical (unpaired) electrons. The second-order valence-electron chi connectivity index (χ2n) is 5.69. The summed E-state index contributed by atoms with van der Waals surface area (Å²) in [5.41, 5.74) is 0. The summed E-state index contributed by atoms with van der Waals surface area (Å²) in [6.45, 7) is 15.9. The Morgan fingerprint density at radius 3 is 1.89 bits per heavy atom. The van der Waals surface area contributed by atoms with Gasteiger partial charge in [-0.3, -0.25) is 4.57 Å². The smallest absolute Gasteiger partial charge is 0.309 e. The van der Waals surface area contributed by atoms with Gasteiger partial charge in [-0.2, -0.15) is 0 Å². The molecule has 0 aliphatic heterocycles. The molecular weight excluding hydrogens is 263 g/mol. The molecule has 0 spiro atoms. The highest BCUT2D eigenvalue weighted by atomic mass is 31.2. The van der Waals surface area contributed by atoms with Gasteiger partial charge in [0.1, 0.15) is 0 Å². The molecule has 0 unspecified atom stereocenters. The highest BCUT2D eigenvalue weighted by Crippen LogP contribution is 2.48. The van der Waals surface area contributed by atoms with Gasteiger partial charge in [0.15, 0.2) is 0 Å². The SMILES string of the molecule is CCOP(=O)(C/C=C(\C(C)C)[Si](C)(C)C)OCC. The summed E-state index contributed by atoms with van der Waals surface area (Å²) in [5, 5.41) is 1.43. The molecule has 0 heterocycles. The maximum absolute atomic E-state index is 12.4. The third kappa shape index (κ3) is 6.33. The molecule has 0 aromatic carbocycles. The Bertz CT molecular complexity index is 309. The van der Waals surface area contributed by atoms with Gasteiger partial charge in [-0.25, -0.2) is 0 Å². The molecule has 0 aromatic rings. The Kier molecular flexibility index (Phi) is 7.68. The Morgan fingerprint density at radius 2 is 1.61 bits per heavy atom. The van der Waals surface area contributed by atoms with Crippen LogP contribution in [-0.4, -0.2) is 27.4 Å². The van der Waals surface area contributed by atoms with Crippen LogP contribution in [-0.2, 0) is 13.6 Å². The van der Waals surface area contributed by atoms with Crippen LogP contribution in [0.3, 0.4) is 0 Å². The standard InChI is InChI=1S/C13H29O3PSi/c1-8-15-17(14,16-9-2)11-10-13(12(3)4)18(5,6)7/h10,12H,8-9,11H2,1-7H3/b13-10+. The van der Waals surface area contributed by atoms with Gasteiger partial charge in [0.25, 0.3) is 0 Å². The predicted molar refractivity (Wildman–Crippen MR) is 82.0 cm³/mol. The van der Waals surface area contributed by atoms with Crippen LogP contribution in [0.5, 0.6) is 0 Å². The van der Waals surface area contributed by atoms with Gasteiger partial charge < -0.3 is 9.05 Å². The molecule has 108 valence electrons. The van der Waals surface area contributed by atoms with Gasteiger partial charge in [-0.15, -0.1) is 0 Å². The fraction of sp³-hybridized carbons (Fsp3) is 0.846. The van der Waals surface area contributed by atoms with Crippen LogP contribution >= 0.6 is 7.60 Å². The first-order valence-electron chi connectivity index (χ1n) is 6.75. The average Bonchev–Trinajstić information content (AvgIpc) is 2.15. The van der Waals surface area contributed by atoms with Crippen LogP contribution < -0.4 is 0 Å².